The van der Waals surface area contributed by atoms with Crippen LogP contribution >= 0.6 is 22.9 Å². The number of β-amino-alcohol motifs (C(OH)–C–C–N with tert-alkyl or cyclic N) is 1. The molecule has 23 nitrogen and oxygen atoms in total. The van der Waals surface area contributed by atoms with Gasteiger partial charge in [0.1, 0.15) is 31.0 Å². The van der Waals surface area contributed by atoms with Crippen LogP contribution in [-0.2, 0) is 35.5 Å². The Bertz CT molecular complexity index is 3610. The molecule has 3 amide bonds. The van der Waals surface area contributed by atoms with Crippen molar-refractivity contribution in [1.29, 1.82) is 0 Å². The number of hydrogen-bond donors (Lipinski definition) is 6. The number of rotatable bonds is 23. The Hall–Kier alpha value is -7.63. The molecule has 1 aliphatic carbocycles. The smallest absolute Gasteiger partial charge is 0.491 e. The number of anilines is 4. The van der Waals surface area contributed by atoms with Crippen molar-refractivity contribution in [3.05, 3.63) is 106 Å². The lowest BCUT2D eigenvalue weighted by molar-refractivity contribution is -0.287. The first-order chi connectivity index (χ1) is 40.9. The van der Waals surface area contributed by atoms with Crippen molar-refractivity contribution >= 4 is 73.8 Å². The summed E-state index contributed by atoms with van der Waals surface area (Å²) in [6.07, 6.45) is -2.34. The van der Waals surface area contributed by atoms with Crippen molar-refractivity contribution < 1.29 is 64.8 Å². The maximum absolute atomic E-state index is 14.8. The van der Waals surface area contributed by atoms with E-state index in [0.717, 1.165) is 22.4 Å². The molecule has 6 aromatic rings. The largest absolute Gasteiger partial charge is 0.586 e. The molecule has 0 radical (unpaired) electrons. The van der Waals surface area contributed by atoms with E-state index >= 15 is 0 Å². The number of piperazine rings is 1. The molecule has 86 heavy (non-hydrogen) atoms. The average molecular weight is 1250 g/mol. The lowest BCUT2D eigenvalue weighted by atomic mass is 9.85. The number of sulfone groups is 1. The molecule has 3 aromatic heterocycles. The molecule has 4 atom stereocenters. The van der Waals surface area contributed by atoms with Crippen LogP contribution in [0.15, 0.2) is 83.3 Å². The Labute approximate surface area is 502 Å². The maximum Gasteiger partial charge on any atom is 0.586 e. The van der Waals surface area contributed by atoms with Gasteiger partial charge in [-0.05, 0) is 73.2 Å². The van der Waals surface area contributed by atoms with Crippen molar-refractivity contribution in [2.45, 2.75) is 94.6 Å². The van der Waals surface area contributed by atoms with Gasteiger partial charge < -0.3 is 65.2 Å². The number of alkyl halides is 3. The van der Waals surface area contributed by atoms with Crippen LogP contribution in [0.25, 0.3) is 10.4 Å². The van der Waals surface area contributed by atoms with E-state index in [4.69, 9.17) is 40.3 Å². The molecule has 0 spiro atoms. The predicted molar refractivity (Wildman–Crippen MR) is 312 cm³/mol. The van der Waals surface area contributed by atoms with Gasteiger partial charge in [-0.3, -0.25) is 19.4 Å². The summed E-state index contributed by atoms with van der Waals surface area (Å²) in [5.41, 5.74) is 1.92. The molecule has 10 rings (SSSR count). The SMILES string of the molecule is Cc1ncsc1-c1ccc(CNC(=O)[C@@H]2C[C@@H](O)CN2C(=O)[C@@H](NC(=O)C2(F)CC2)C(C)(C)C)c(OCCOCCOc2nc(Nc3cc(S(C)(=O)=O)ccc3N[C@@H](c3cccc4c3OC(F)(F)O4)c3ncccc3Cl)nc(N3CCNCC3)n2)c1. The number of benzene rings is 3. The fraction of sp³-hybridized carbons (Fsp3) is 0.439. The van der Waals surface area contributed by atoms with Crippen LogP contribution in [0.2, 0.25) is 5.02 Å². The molecule has 3 aliphatic heterocycles. The number of fused-ring (bicyclic) bond motifs is 1. The van der Waals surface area contributed by atoms with Crippen LogP contribution in [0.5, 0.6) is 23.3 Å². The second-order valence-corrected chi connectivity index (χ2v) is 25.4. The predicted octanol–water partition coefficient (Wildman–Crippen LogP) is 6.52. The summed E-state index contributed by atoms with van der Waals surface area (Å²) in [5.74, 6) is -1.82. The maximum atomic E-state index is 14.8. The van der Waals surface area contributed by atoms with E-state index in [1.54, 1.807) is 44.5 Å². The molecule has 0 bridgehead atoms. The van der Waals surface area contributed by atoms with Crippen LogP contribution in [0.4, 0.5) is 36.4 Å². The number of aryl methyl sites for hydroxylation is 1. The number of aliphatic hydroxyl groups is 1. The third-order valence-electron chi connectivity index (χ3n) is 14.6. The number of carbonyl (C=O) groups is 3. The fourth-order valence-electron chi connectivity index (χ4n) is 9.93. The summed E-state index contributed by atoms with van der Waals surface area (Å²) in [6, 6.07) is 13.9. The van der Waals surface area contributed by atoms with Crippen LogP contribution in [0.3, 0.4) is 0 Å². The molecule has 2 saturated heterocycles. The molecule has 29 heteroatoms. The highest BCUT2D eigenvalue weighted by atomic mass is 35.5. The van der Waals surface area contributed by atoms with E-state index in [0.29, 0.717) is 37.5 Å². The summed E-state index contributed by atoms with van der Waals surface area (Å²) < 4.78 is 97.9. The summed E-state index contributed by atoms with van der Waals surface area (Å²) in [7, 11) is -3.79. The first-order valence-corrected chi connectivity index (χ1v) is 30.8. The first kappa shape index (κ1) is 61.5. The molecule has 1 saturated carbocycles. The van der Waals surface area contributed by atoms with Gasteiger partial charge in [0.2, 0.25) is 23.7 Å². The van der Waals surface area contributed by atoms with Gasteiger partial charge in [0.25, 0.3) is 5.91 Å². The van der Waals surface area contributed by atoms with Gasteiger partial charge in [-0.15, -0.1) is 20.1 Å². The van der Waals surface area contributed by atoms with E-state index in [-0.39, 0.29) is 121 Å². The number of aromatic nitrogens is 5. The third-order valence-corrected chi connectivity index (χ3v) is 17.0. The Morgan fingerprint density at radius 2 is 1.71 bits per heavy atom. The lowest BCUT2D eigenvalue weighted by Gasteiger charge is -2.35. The number of carbonyl (C=O) groups excluding carboxylic acids is 3. The number of hydrogen-bond acceptors (Lipinski definition) is 21. The number of nitrogens with zero attached hydrogens (tertiary/aromatic N) is 7. The van der Waals surface area contributed by atoms with E-state index in [1.807, 2.05) is 30.0 Å². The van der Waals surface area contributed by atoms with Gasteiger partial charge >= 0.3 is 12.3 Å². The standard InChI is InChI=1S/C57H64ClF3N12O11S2/c1-32-47(85-31-65-32)33-11-12-34(29-64-49(75)41-27-35(74)30-73(41)50(76)48(55(2,3)4)68-51(77)56(59)15-16-56)43(26-33)81-24-22-80-23-25-82-54-70-52(69-53(71-54)72-20-18-62-19-21-72)67-40-28-36(86(5,78)79)13-14-39(40)66-44(45-38(58)9-7-17-63-45)37-8-6-10-42-46(37)84-57(60,61)83-42/h6-14,17,26,28,31,35,41,44,48,62,66,74H,15-16,18-25,27,29-30H2,1-5H3,(H,64,75)(H,68,77)(H,67,69,70,71)/t35-,41+,44+,48-/m1/s1. The summed E-state index contributed by atoms with van der Waals surface area (Å²) in [4.78, 5) is 67.5. The zero-order chi connectivity index (χ0) is 61.1. The van der Waals surface area contributed by atoms with Gasteiger partial charge in [-0.1, -0.05) is 56.6 Å². The highest BCUT2D eigenvalue weighted by Crippen LogP contribution is 2.48. The van der Waals surface area contributed by atoms with Crippen LogP contribution in [0, 0.1) is 12.3 Å². The summed E-state index contributed by atoms with van der Waals surface area (Å²) >= 11 is 8.15. The molecule has 6 N–H and O–H groups in total. The second-order valence-electron chi connectivity index (χ2n) is 22.1. The van der Waals surface area contributed by atoms with E-state index < -0.39 is 69.2 Å². The summed E-state index contributed by atoms with van der Waals surface area (Å²) in [6.45, 7) is 9.42. The van der Waals surface area contributed by atoms with Gasteiger partial charge in [0.15, 0.2) is 27.0 Å². The number of pyridine rings is 1. The Morgan fingerprint density at radius 1 is 0.942 bits per heavy atom. The van der Waals surface area contributed by atoms with E-state index in [9.17, 15) is 41.1 Å². The molecule has 0 unspecified atom stereocenters. The van der Waals surface area contributed by atoms with Crippen LogP contribution in [-0.4, -0.2) is 157 Å². The number of nitrogens with one attached hydrogen (secondary N) is 5. The Morgan fingerprint density at radius 3 is 2.42 bits per heavy atom. The van der Waals surface area contributed by atoms with Crippen LogP contribution in [0.1, 0.15) is 68.6 Å². The van der Waals surface area contributed by atoms with Crippen LogP contribution < -0.4 is 50.4 Å². The number of likely N-dealkylation sites (tertiary alicyclic amines) is 1. The van der Waals surface area contributed by atoms with Crippen molar-refractivity contribution in [2.24, 2.45) is 5.41 Å². The molecule has 3 fully saturated rings. The van der Waals surface area contributed by atoms with Gasteiger partial charge in [-0.2, -0.15) is 15.0 Å². The normalized spacial score (nSPS) is 18.4. The number of para-hydroxylation sites is 1. The summed E-state index contributed by atoms with van der Waals surface area (Å²) in [5, 5.41) is 26.1. The topological polar surface area (TPSA) is 283 Å². The fourth-order valence-corrected chi connectivity index (χ4v) is 11.6. The van der Waals surface area contributed by atoms with Gasteiger partial charge in [0, 0.05) is 69.3 Å². The molecular formula is C57H64ClF3N12O11S2. The Balaban J connectivity index is 0.818. The van der Waals surface area contributed by atoms with Gasteiger partial charge in [-0.25, -0.2) is 17.8 Å². The number of ether oxygens (including phenoxy) is 5. The minimum absolute atomic E-state index is 0.0201. The number of halogens is 4. The first-order valence-electron chi connectivity index (χ1n) is 27.6. The molecule has 6 heterocycles. The third kappa shape index (κ3) is 14.4. The van der Waals surface area contributed by atoms with Gasteiger partial charge in [0.05, 0.1) is 68.4 Å². The van der Waals surface area contributed by atoms with Crippen molar-refractivity contribution in [2.75, 3.05) is 80.9 Å². The molecular weight excluding hydrogens is 1190 g/mol. The number of aliphatic hydroxyl groups excluding tert-OH is 1. The zero-order valence-corrected chi connectivity index (χ0v) is 49.9. The van der Waals surface area contributed by atoms with Crippen molar-refractivity contribution in [1.82, 2.24) is 45.8 Å². The number of thiazole rings is 1. The highest BCUT2D eigenvalue weighted by Gasteiger charge is 2.53. The second kappa shape index (κ2) is 25.4. The molecule has 458 valence electrons. The quantitative estimate of drug-likeness (QED) is 0.0373. The zero-order valence-electron chi connectivity index (χ0n) is 47.5. The molecule has 3 aromatic carbocycles. The minimum Gasteiger partial charge on any atom is -0.491 e. The number of amides is 3. The Kier molecular flexibility index (Phi) is 18.1. The van der Waals surface area contributed by atoms with E-state index in [2.05, 4.69) is 46.5 Å². The van der Waals surface area contributed by atoms with E-state index in [1.165, 1.54) is 52.8 Å². The van der Waals surface area contributed by atoms with Crippen molar-refractivity contribution in [3.8, 4) is 33.7 Å². The van der Waals surface area contributed by atoms with Crippen molar-refractivity contribution in [3.63, 3.8) is 0 Å². The minimum atomic E-state index is -3.95. The molecule has 4 aliphatic rings. The lowest BCUT2D eigenvalue weighted by Crippen LogP contribution is -2.59. The highest BCUT2D eigenvalue weighted by molar-refractivity contribution is 7.90. The monoisotopic (exact) mass is 1250 g/mol. The average Bonchev–Trinajstić information content (AvgIpc) is 1.87.